The SMILES string of the molecule is Cc1cccc(N(C(=O)c2snc(C(=O)NC3CCCCC3)c2N)[C@H](C(=O)NC2CCCC2)c2ccc(F)cc2)c1C. The van der Waals surface area contributed by atoms with Gasteiger partial charge in [-0.05, 0) is 86.0 Å². The molecule has 10 heteroatoms. The van der Waals surface area contributed by atoms with Crippen molar-refractivity contribution in [1.82, 2.24) is 15.0 Å². The number of nitrogens with two attached hydrogens (primary N) is 1. The van der Waals surface area contributed by atoms with Crippen LogP contribution in [0, 0.1) is 19.7 Å². The van der Waals surface area contributed by atoms with Crippen LogP contribution in [0.3, 0.4) is 0 Å². The Kier molecular flexibility index (Phi) is 9.21. The fourth-order valence-corrected chi connectivity index (χ4v) is 6.74. The number of rotatable bonds is 8. The first-order chi connectivity index (χ1) is 20.2. The number of halogens is 1. The maximum atomic E-state index is 14.5. The number of aromatic nitrogens is 1. The third-order valence-electron chi connectivity index (χ3n) is 8.53. The van der Waals surface area contributed by atoms with Gasteiger partial charge in [-0.2, -0.15) is 4.37 Å². The number of hydrogen-bond acceptors (Lipinski definition) is 6. The molecule has 1 heterocycles. The standard InChI is InChI=1S/C32H38FN5O3S/c1-19-9-8-14-25(20(19)2)38(28(21-15-17-22(33)18-16-21)31(40)36-24-12-6-7-13-24)32(41)29-26(34)27(37-42-29)30(39)35-23-10-4-3-5-11-23/h8-9,14-18,23-24,28H,3-7,10-13,34H2,1-2H3,(H,35,39)(H,36,40)/t28-/m0/s1. The molecule has 0 saturated heterocycles. The summed E-state index contributed by atoms with van der Waals surface area (Å²) in [5, 5.41) is 6.15. The molecule has 3 aromatic rings. The first-order valence-electron chi connectivity index (χ1n) is 14.8. The van der Waals surface area contributed by atoms with E-state index in [1.807, 2.05) is 26.0 Å². The second kappa shape index (κ2) is 13.0. The number of hydrogen-bond donors (Lipinski definition) is 3. The predicted octanol–water partition coefficient (Wildman–Crippen LogP) is 5.99. The van der Waals surface area contributed by atoms with Gasteiger partial charge in [-0.1, -0.05) is 56.4 Å². The lowest BCUT2D eigenvalue weighted by Gasteiger charge is -2.33. The van der Waals surface area contributed by atoms with E-state index in [0.717, 1.165) is 80.4 Å². The summed E-state index contributed by atoms with van der Waals surface area (Å²) in [6.07, 6.45) is 8.83. The quantitative estimate of drug-likeness (QED) is 0.298. The number of nitrogens with one attached hydrogen (secondary N) is 2. The van der Waals surface area contributed by atoms with Crippen molar-refractivity contribution in [2.75, 3.05) is 10.6 Å². The smallest absolute Gasteiger partial charge is 0.273 e. The van der Waals surface area contributed by atoms with Gasteiger partial charge in [0.05, 0.1) is 5.69 Å². The minimum absolute atomic E-state index is 0.000401. The van der Waals surface area contributed by atoms with Gasteiger partial charge in [0, 0.05) is 17.8 Å². The molecule has 0 radical (unpaired) electrons. The molecule has 0 bridgehead atoms. The average molecular weight is 592 g/mol. The molecule has 42 heavy (non-hydrogen) atoms. The summed E-state index contributed by atoms with van der Waals surface area (Å²) in [4.78, 5) is 43.2. The molecular formula is C32H38FN5O3S. The molecule has 4 N–H and O–H groups in total. The summed E-state index contributed by atoms with van der Waals surface area (Å²) in [5.74, 6) is -1.76. The molecule has 0 unspecified atom stereocenters. The van der Waals surface area contributed by atoms with E-state index >= 15 is 0 Å². The van der Waals surface area contributed by atoms with Crippen molar-refractivity contribution in [3.63, 3.8) is 0 Å². The van der Waals surface area contributed by atoms with Crippen molar-refractivity contribution in [3.05, 3.63) is 75.5 Å². The minimum atomic E-state index is -1.11. The van der Waals surface area contributed by atoms with Crippen LogP contribution in [0.15, 0.2) is 42.5 Å². The molecule has 2 aliphatic rings. The largest absolute Gasteiger partial charge is 0.395 e. The van der Waals surface area contributed by atoms with Crippen LogP contribution in [0.5, 0.6) is 0 Å². The molecule has 222 valence electrons. The van der Waals surface area contributed by atoms with Crippen molar-refractivity contribution in [2.24, 2.45) is 0 Å². The van der Waals surface area contributed by atoms with Gasteiger partial charge in [0.1, 0.15) is 16.7 Å². The summed E-state index contributed by atoms with van der Waals surface area (Å²) in [6.45, 7) is 3.82. The Labute approximate surface area is 250 Å². The maximum absolute atomic E-state index is 14.5. The highest BCUT2D eigenvalue weighted by Gasteiger charge is 2.38. The van der Waals surface area contributed by atoms with Crippen LogP contribution in [0.25, 0.3) is 0 Å². The lowest BCUT2D eigenvalue weighted by Crippen LogP contribution is -2.46. The Morgan fingerprint density at radius 3 is 2.21 bits per heavy atom. The molecule has 8 nitrogen and oxygen atoms in total. The van der Waals surface area contributed by atoms with E-state index in [4.69, 9.17) is 5.73 Å². The van der Waals surface area contributed by atoms with Gasteiger partial charge in [0.15, 0.2) is 5.69 Å². The number of aryl methyl sites for hydroxylation is 1. The Morgan fingerprint density at radius 1 is 0.929 bits per heavy atom. The van der Waals surface area contributed by atoms with E-state index in [9.17, 15) is 18.8 Å². The van der Waals surface area contributed by atoms with Gasteiger partial charge in [-0.15, -0.1) is 0 Å². The second-order valence-electron chi connectivity index (χ2n) is 11.4. The molecule has 3 amide bonds. The van der Waals surface area contributed by atoms with E-state index in [-0.39, 0.29) is 34.2 Å². The molecular weight excluding hydrogens is 553 g/mol. The monoisotopic (exact) mass is 591 g/mol. The van der Waals surface area contributed by atoms with Crippen molar-refractivity contribution in [2.45, 2.75) is 89.8 Å². The summed E-state index contributed by atoms with van der Waals surface area (Å²) >= 11 is 0.849. The summed E-state index contributed by atoms with van der Waals surface area (Å²) in [5.41, 5.74) is 9.18. The number of nitrogens with zero attached hydrogens (tertiary/aromatic N) is 2. The first kappa shape index (κ1) is 29.7. The Hall–Kier alpha value is -3.79. The van der Waals surface area contributed by atoms with E-state index < -0.39 is 23.7 Å². The third-order valence-corrected chi connectivity index (χ3v) is 9.38. The van der Waals surface area contributed by atoms with Gasteiger partial charge in [0.2, 0.25) is 5.91 Å². The molecule has 5 rings (SSSR count). The first-order valence-corrected chi connectivity index (χ1v) is 15.5. The molecule has 0 aliphatic heterocycles. The summed E-state index contributed by atoms with van der Waals surface area (Å²) in [7, 11) is 0. The predicted molar refractivity (Wildman–Crippen MR) is 163 cm³/mol. The van der Waals surface area contributed by atoms with Crippen molar-refractivity contribution >= 4 is 40.6 Å². The van der Waals surface area contributed by atoms with Crippen molar-refractivity contribution in [3.8, 4) is 0 Å². The normalized spacial score (nSPS) is 16.6. The lowest BCUT2D eigenvalue weighted by molar-refractivity contribution is -0.123. The van der Waals surface area contributed by atoms with Crippen molar-refractivity contribution in [1.29, 1.82) is 0 Å². The average Bonchev–Trinajstić information content (AvgIpc) is 3.64. The number of amides is 3. The third kappa shape index (κ3) is 6.33. The Morgan fingerprint density at radius 2 is 1.55 bits per heavy atom. The minimum Gasteiger partial charge on any atom is -0.395 e. The van der Waals surface area contributed by atoms with E-state index in [2.05, 4.69) is 15.0 Å². The van der Waals surface area contributed by atoms with Crippen LogP contribution in [0.4, 0.5) is 15.8 Å². The summed E-state index contributed by atoms with van der Waals surface area (Å²) < 4.78 is 18.3. The zero-order valence-electron chi connectivity index (χ0n) is 24.1. The van der Waals surface area contributed by atoms with Gasteiger partial charge in [-0.3, -0.25) is 19.3 Å². The van der Waals surface area contributed by atoms with Crippen LogP contribution < -0.4 is 21.3 Å². The highest BCUT2D eigenvalue weighted by Crippen LogP contribution is 2.36. The number of carbonyl (C=O) groups is 3. The van der Waals surface area contributed by atoms with Crippen LogP contribution >= 0.6 is 11.5 Å². The highest BCUT2D eigenvalue weighted by atomic mass is 32.1. The fourth-order valence-electron chi connectivity index (χ4n) is 6.00. The van der Waals surface area contributed by atoms with Crippen LogP contribution in [-0.4, -0.2) is 34.2 Å². The fraction of sp³-hybridized carbons (Fsp3) is 0.438. The molecule has 2 fully saturated rings. The molecule has 1 atom stereocenters. The Bertz CT molecular complexity index is 1440. The second-order valence-corrected chi connectivity index (χ2v) is 12.2. The lowest BCUT2D eigenvalue weighted by atomic mass is 9.95. The van der Waals surface area contributed by atoms with Crippen LogP contribution in [-0.2, 0) is 4.79 Å². The number of benzene rings is 2. The number of nitrogen functional groups attached to an aromatic ring is 1. The van der Waals surface area contributed by atoms with Crippen LogP contribution in [0.1, 0.15) is 101 Å². The van der Waals surface area contributed by atoms with Gasteiger partial charge in [0.25, 0.3) is 11.8 Å². The van der Waals surface area contributed by atoms with Gasteiger partial charge >= 0.3 is 0 Å². The van der Waals surface area contributed by atoms with Gasteiger partial charge in [-0.25, -0.2) is 4.39 Å². The van der Waals surface area contributed by atoms with Gasteiger partial charge < -0.3 is 16.4 Å². The molecule has 0 spiro atoms. The number of anilines is 2. The number of carbonyl (C=O) groups excluding carboxylic acids is 3. The van der Waals surface area contributed by atoms with Crippen molar-refractivity contribution < 1.29 is 18.8 Å². The van der Waals surface area contributed by atoms with Crippen LogP contribution in [0.2, 0.25) is 0 Å². The molecule has 1 aromatic heterocycles. The summed E-state index contributed by atoms with van der Waals surface area (Å²) in [6, 6.07) is 10.1. The maximum Gasteiger partial charge on any atom is 0.273 e. The van der Waals surface area contributed by atoms with E-state index in [1.165, 1.54) is 29.2 Å². The highest BCUT2D eigenvalue weighted by molar-refractivity contribution is 7.09. The zero-order chi connectivity index (χ0) is 29.8. The zero-order valence-corrected chi connectivity index (χ0v) is 24.9. The molecule has 2 aliphatic carbocycles. The topological polar surface area (TPSA) is 117 Å². The Balaban J connectivity index is 1.56. The molecule has 2 aromatic carbocycles. The van der Waals surface area contributed by atoms with E-state index in [0.29, 0.717) is 11.3 Å². The van der Waals surface area contributed by atoms with E-state index in [1.54, 1.807) is 6.07 Å². The molecule has 2 saturated carbocycles.